The Balaban J connectivity index is 0.00000450. The molecule has 0 radical (unpaired) electrons. The molecule has 2 aromatic rings. The van der Waals surface area contributed by atoms with Gasteiger partial charge in [-0.15, -0.1) is 12.4 Å². The van der Waals surface area contributed by atoms with Crippen molar-refractivity contribution in [3.8, 4) is 11.5 Å². The molecule has 30 heavy (non-hydrogen) atoms. The highest BCUT2D eigenvalue weighted by molar-refractivity contribution is 5.85. The summed E-state index contributed by atoms with van der Waals surface area (Å²) < 4.78 is 42.9. The number of aliphatic hydroxyl groups excluding tert-OH is 1. The van der Waals surface area contributed by atoms with Crippen LogP contribution in [0.5, 0.6) is 11.5 Å². The molecule has 0 aliphatic heterocycles. The molecule has 1 atom stereocenters. The van der Waals surface area contributed by atoms with Crippen molar-refractivity contribution < 1.29 is 28.1 Å². The van der Waals surface area contributed by atoms with E-state index in [-0.39, 0.29) is 19.0 Å². The van der Waals surface area contributed by atoms with Crippen molar-refractivity contribution in [2.75, 3.05) is 33.0 Å². The average Bonchev–Trinajstić information content (AvgIpc) is 2.69. The van der Waals surface area contributed by atoms with Gasteiger partial charge in [0.15, 0.2) is 0 Å². The van der Waals surface area contributed by atoms with Crippen molar-refractivity contribution in [3.05, 3.63) is 59.7 Å². The first kappa shape index (κ1) is 26.1. The highest BCUT2D eigenvalue weighted by Gasteiger charge is 2.06. The van der Waals surface area contributed by atoms with E-state index in [4.69, 9.17) is 14.2 Å². The maximum Gasteiger partial charge on any atom is 0.129 e. The average molecular weight is 446 g/mol. The molecule has 168 valence electrons. The molecule has 0 aromatic heterocycles. The molecule has 0 heterocycles. The lowest BCUT2D eigenvalue weighted by Crippen LogP contribution is -2.35. The van der Waals surface area contributed by atoms with Gasteiger partial charge in [-0.2, -0.15) is 0 Å². The summed E-state index contributed by atoms with van der Waals surface area (Å²) in [5.74, 6) is 0.179. The minimum Gasteiger partial charge on any atom is -0.491 e. The number of hydrogen-bond donors (Lipinski definition) is 2. The second-order valence-electron chi connectivity index (χ2n) is 6.95. The van der Waals surface area contributed by atoms with Crippen LogP contribution in [0.3, 0.4) is 0 Å². The number of nitrogens with one attached hydrogen (secondary N) is 1. The van der Waals surface area contributed by atoms with Crippen LogP contribution in [-0.2, 0) is 11.2 Å². The van der Waals surface area contributed by atoms with Gasteiger partial charge in [0.05, 0.1) is 13.2 Å². The summed E-state index contributed by atoms with van der Waals surface area (Å²) >= 11 is 0. The Labute approximate surface area is 182 Å². The zero-order chi connectivity index (χ0) is 21.1. The molecule has 0 aliphatic rings. The lowest BCUT2D eigenvalue weighted by Gasteiger charge is -2.15. The molecule has 0 fully saturated rings. The third-order valence-corrected chi connectivity index (χ3v) is 4.06. The van der Waals surface area contributed by atoms with Crippen molar-refractivity contribution in [2.45, 2.75) is 32.4 Å². The standard InChI is InChI=1S/C22H29F2NO4.ClH/c1-16(2)25-14-19(26)15-29-21-7-5-20(6-8-21)28-12-11-27-10-9-17-3-4-18(23)13-22(17)24;/h3-8,13,16,19,25-26H,9-12,14-15H2,1-2H3;1H. The minimum absolute atomic E-state index is 0. The fourth-order valence-corrected chi connectivity index (χ4v) is 2.48. The van der Waals surface area contributed by atoms with Gasteiger partial charge < -0.3 is 24.6 Å². The van der Waals surface area contributed by atoms with Crippen LogP contribution in [0, 0.1) is 11.6 Å². The zero-order valence-corrected chi connectivity index (χ0v) is 18.1. The first-order valence-electron chi connectivity index (χ1n) is 9.73. The number of hydrogen-bond acceptors (Lipinski definition) is 5. The van der Waals surface area contributed by atoms with Crippen LogP contribution in [0.4, 0.5) is 8.78 Å². The Kier molecular flexibility index (Phi) is 12.3. The van der Waals surface area contributed by atoms with Crippen molar-refractivity contribution >= 4 is 12.4 Å². The summed E-state index contributed by atoms with van der Waals surface area (Å²) in [5.41, 5.74) is 0.424. The van der Waals surface area contributed by atoms with Crippen molar-refractivity contribution in [2.24, 2.45) is 0 Å². The number of halogens is 3. The smallest absolute Gasteiger partial charge is 0.129 e. The molecule has 2 N–H and O–H groups in total. The monoisotopic (exact) mass is 445 g/mol. The number of aliphatic hydroxyl groups is 1. The van der Waals surface area contributed by atoms with Crippen molar-refractivity contribution in [1.29, 1.82) is 0 Å². The van der Waals surface area contributed by atoms with Gasteiger partial charge in [-0.05, 0) is 42.3 Å². The molecule has 2 rings (SSSR count). The number of ether oxygens (including phenoxy) is 3. The van der Waals surface area contributed by atoms with Crippen LogP contribution in [0.15, 0.2) is 42.5 Å². The van der Waals surface area contributed by atoms with Gasteiger partial charge in [0.2, 0.25) is 0 Å². The van der Waals surface area contributed by atoms with Crippen LogP contribution in [0.1, 0.15) is 19.4 Å². The van der Waals surface area contributed by atoms with E-state index in [0.717, 1.165) is 6.07 Å². The first-order valence-corrected chi connectivity index (χ1v) is 9.73. The summed E-state index contributed by atoms with van der Waals surface area (Å²) in [7, 11) is 0. The Bertz CT molecular complexity index is 732. The van der Waals surface area contributed by atoms with Gasteiger partial charge in [-0.25, -0.2) is 8.78 Å². The molecule has 0 bridgehead atoms. The minimum atomic E-state index is -0.587. The summed E-state index contributed by atoms with van der Waals surface area (Å²) in [6.07, 6.45) is -0.203. The lowest BCUT2D eigenvalue weighted by atomic mass is 10.1. The van der Waals surface area contributed by atoms with E-state index in [1.165, 1.54) is 12.1 Å². The largest absolute Gasteiger partial charge is 0.491 e. The zero-order valence-electron chi connectivity index (χ0n) is 17.3. The molecule has 1 unspecified atom stereocenters. The summed E-state index contributed by atoms with van der Waals surface area (Å²) in [6.45, 7) is 5.76. The van der Waals surface area contributed by atoms with Crippen LogP contribution < -0.4 is 14.8 Å². The molecular weight excluding hydrogens is 416 g/mol. The van der Waals surface area contributed by atoms with E-state index in [9.17, 15) is 13.9 Å². The Morgan fingerprint density at radius 3 is 2.23 bits per heavy atom. The quantitative estimate of drug-likeness (QED) is 0.460. The van der Waals surface area contributed by atoms with Gasteiger partial charge in [0.1, 0.15) is 42.5 Å². The van der Waals surface area contributed by atoms with Gasteiger partial charge >= 0.3 is 0 Å². The SMILES string of the molecule is CC(C)NCC(O)COc1ccc(OCCOCCc2ccc(F)cc2F)cc1.Cl. The van der Waals surface area contributed by atoms with Crippen molar-refractivity contribution in [1.82, 2.24) is 5.32 Å². The van der Waals surface area contributed by atoms with Gasteiger partial charge in [-0.1, -0.05) is 19.9 Å². The second kappa shape index (κ2) is 14.1. The molecule has 2 aromatic carbocycles. The second-order valence-corrected chi connectivity index (χ2v) is 6.95. The van der Waals surface area contributed by atoms with Gasteiger partial charge in [0, 0.05) is 18.7 Å². The Hall–Kier alpha value is -1.93. The van der Waals surface area contributed by atoms with Gasteiger partial charge in [-0.3, -0.25) is 0 Å². The van der Waals surface area contributed by atoms with Crippen LogP contribution in [0.2, 0.25) is 0 Å². The van der Waals surface area contributed by atoms with E-state index in [0.29, 0.717) is 55.9 Å². The third kappa shape index (κ3) is 10.2. The number of benzene rings is 2. The summed E-state index contributed by atoms with van der Waals surface area (Å²) in [5, 5.41) is 13.0. The molecule has 0 amide bonds. The van der Waals surface area contributed by atoms with E-state index in [2.05, 4.69) is 5.32 Å². The molecule has 0 saturated carbocycles. The van der Waals surface area contributed by atoms with Crippen LogP contribution in [0.25, 0.3) is 0 Å². The van der Waals surface area contributed by atoms with E-state index in [1.807, 2.05) is 13.8 Å². The molecular formula is C22H30ClF2NO4. The maximum atomic E-state index is 13.5. The number of rotatable bonds is 13. The molecule has 5 nitrogen and oxygen atoms in total. The molecule has 0 saturated heterocycles. The van der Waals surface area contributed by atoms with Gasteiger partial charge in [0.25, 0.3) is 0 Å². The highest BCUT2D eigenvalue weighted by Crippen LogP contribution is 2.17. The lowest BCUT2D eigenvalue weighted by molar-refractivity contribution is 0.101. The highest BCUT2D eigenvalue weighted by atomic mass is 35.5. The van der Waals surface area contributed by atoms with E-state index in [1.54, 1.807) is 24.3 Å². The maximum absolute atomic E-state index is 13.5. The third-order valence-electron chi connectivity index (χ3n) is 4.06. The normalized spacial score (nSPS) is 11.8. The van der Waals surface area contributed by atoms with E-state index >= 15 is 0 Å². The fraction of sp³-hybridized carbons (Fsp3) is 0.455. The molecule has 0 spiro atoms. The Morgan fingerprint density at radius 2 is 1.60 bits per heavy atom. The van der Waals surface area contributed by atoms with E-state index < -0.39 is 17.7 Å². The van der Waals surface area contributed by atoms with Crippen molar-refractivity contribution in [3.63, 3.8) is 0 Å². The topological polar surface area (TPSA) is 60.0 Å². The fourth-order valence-electron chi connectivity index (χ4n) is 2.48. The Morgan fingerprint density at radius 1 is 0.933 bits per heavy atom. The first-order chi connectivity index (χ1) is 13.9. The summed E-state index contributed by atoms with van der Waals surface area (Å²) in [4.78, 5) is 0. The predicted octanol–water partition coefficient (Wildman–Crippen LogP) is 3.76. The summed E-state index contributed by atoms with van der Waals surface area (Å²) in [6, 6.07) is 11.0. The predicted molar refractivity (Wildman–Crippen MR) is 115 cm³/mol. The van der Waals surface area contributed by atoms with Crippen LogP contribution in [-0.4, -0.2) is 50.2 Å². The molecule has 8 heteroatoms. The molecule has 0 aliphatic carbocycles. The van der Waals surface area contributed by atoms with Crippen LogP contribution >= 0.6 is 12.4 Å².